The highest BCUT2D eigenvalue weighted by Crippen LogP contribution is 2.36. The van der Waals surface area contributed by atoms with Crippen molar-refractivity contribution in [3.05, 3.63) is 31.9 Å². The van der Waals surface area contributed by atoms with Crippen LogP contribution in [-0.2, 0) is 11.8 Å². The summed E-state index contributed by atoms with van der Waals surface area (Å²) in [6.07, 6.45) is 5.82. The van der Waals surface area contributed by atoms with Crippen molar-refractivity contribution in [2.45, 2.75) is 39.5 Å². The van der Waals surface area contributed by atoms with Crippen molar-refractivity contribution in [2.24, 2.45) is 7.05 Å². The van der Waals surface area contributed by atoms with Crippen LogP contribution < -0.4 is 10.5 Å². The van der Waals surface area contributed by atoms with Crippen molar-refractivity contribution in [1.29, 1.82) is 5.26 Å². The molecule has 0 N–H and O–H groups in total. The predicted molar refractivity (Wildman–Crippen MR) is 117 cm³/mol. The summed E-state index contributed by atoms with van der Waals surface area (Å²) in [6.45, 7) is 6.19. The second-order valence-corrected chi connectivity index (χ2v) is 8.77. The average molecular weight is 417 g/mol. The molecule has 2 aliphatic heterocycles. The van der Waals surface area contributed by atoms with Crippen LogP contribution in [0.4, 0.5) is 5.82 Å². The molecule has 1 aromatic rings. The number of amides is 1. The Morgan fingerprint density at radius 1 is 1.29 bits per heavy atom. The number of hydrogen-bond acceptors (Lipinski definition) is 6. The summed E-state index contributed by atoms with van der Waals surface area (Å²) in [4.78, 5) is 29.9. The van der Waals surface area contributed by atoms with Gasteiger partial charge in [-0.05, 0) is 37.8 Å². The molecule has 1 amide bonds. The van der Waals surface area contributed by atoms with Crippen molar-refractivity contribution >= 4 is 46.1 Å². The van der Waals surface area contributed by atoms with Crippen LogP contribution in [0.3, 0.4) is 0 Å². The van der Waals surface area contributed by atoms with E-state index in [4.69, 9.17) is 12.2 Å². The lowest BCUT2D eigenvalue weighted by Gasteiger charge is -2.25. The number of pyridine rings is 1. The fraction of sp³-hybridized carbons (Fsp3) is 0.500. The minimum Gasteiger partial charge on any atom is -0.357 e. The lowest BCUT2D eigenvalue weighted by Crippen LogP contribution is -2.31. The van der Waals surface area contributed by atoms with E-state index >= 15 is 0 Å². The highest BCUT2D eigenvalue weighted by Gasteiger charge is 2.32. The summed E-state index contributed by atoms with van der Waals surface area (Å²) >= 11 is 6.69. The molecule has 8 heteroatoms. The summed E-state index contributed by atoms with van der Waals surface area (Å²) in [7, 11) is 1.69. The highest BCUT2D eigenvalue weighted by molar-refractivity contribution is 8.26. The standard InChI is InChI=1S/C20H24N4O2S2/c1-4-5-10-24-19(26)16(28-20(24)27)11-14-13(2)15(12-21)18(25)22(3)17(14)23-8-6-7-9-23/h11H,4-10H2,1-3H3/b16-11-. The normalized spacial score (nSPS) is 18.4. The van der Waals surface area contributed by atoms with Gasteiger partial charge in [0.15, 0.2) is 0 Å². The molecule has 2 saturated heterocycles. The summed E-state index contributed by atoms with van der Waals surface area (Å²) in [5.74, 6) is 0.681. The highest BCUT2D eigenvalue weighted by atomic mass is 32.2. The maximum Gasteiger partial charge on any atom is 0.270 e. The maximum absolute atomic E-state index is 12.9. The third kappa shape index (κ3) is 3.61. The maximum atomic E-state index is 12.9. The number of aromatic nitrogens is 1. The number of unbranched alkanes of at least 4 members (excludes halogenated alkanes) is 1. The van der Waals surface area contributed by atoms with Gasteiger partial charge in [0.25, 0.3) is 11.5 Å². The summed E-state index contributed by atoms with van der Waals surface area (Å²) in [5.41, 5.74) is 1.20. The lowest BCUT2D eigenvalue weighted by atomic mass is 10.0. The zero-order valence-corrected chi connectivity index (χ0v) is 18.1. The number of thiocarbonyl (C=S) groups is 1. The third-order valence-corrected chi connectivity index (χ3v) is 6.64. The van der Waals surface area contributed by atoms with Crippen LogP contribution in [0.2, 0.25) is 0 Å². The first kappa shape index (κ1) is 20.6. The van der Waals surface area contributed by atoms with Crippen LogP contribution in [0.15, 0.2) is 9.70 Å². The van der Waals surface area contributed by atoms with Gasteiger partial charge >= 0.3 is 0 Å². The van der Waals surface area contributed by atoms with E-state index in [9.17, 15) is 14.9 Å². The molecule has 0 saturated carbocycles. The number of nitriles is 1. The van der Waals surface area contributed by atoms with E-state index in [1.54, 1.807) is 23.4 Å². The van der Waals surface area contributed by atoms with Crippen molar-refractivity contribution in [2.75, 3.05) is 24.5 Å². The largest absolute Gasteiger partial charge is 0.357 e. The molecule has 6 nitrogen and oxygen atoms in total. The topological polar surface area (TPSA) is 69.3 Å². The molecule has 2 aliphatic rings. The molecule has 3 rings (SSSR count). The van der Waals surface area contributed by atoms with Gasteiger partial charge in [-0.2, -0.15) is 5.26 Å². The van der Waals surface area contributed by atoms with E-state index in [-0.39, 0.29) is 17.0 Å². The van der Waals surface area contributed by atoms with Crippen molar-refractivity contribution in [1.82, 2.24) is 9.47 Å². The van der Waals surface area contributed by atoms with Crippen LogP contribution in [-0.4, -0.2) is 39.3 Å². The third-order valence-electron chi connectivity index (χ3n) is 5.26. The second-order valence-electron chi connectivity index (χ2n) is 7.09. The van der Waals surface area contributed by atoms with Gasteiger partial charge in [-0.25, -0.2) is 0 Å². The number of carbonyl (C=O) groups excluding carboxylic acids is 1. The van der Waals surface area contributed by atoms with Gasteiger partial charge in [0.05, 0.1) is 4.91 Å². The van der Waals surface area contributed by atoms with Crippen LogP contribution >= 0.6 is 24.0 Å². The summed E-state index contributed by atoms with van der Waals surface area (Å²) in [5, 5.41) is 9.50. The fourth-order valence-corrected chi connectivity index (χ4v) is 4.95. The van der Waals surface area contributed by atoms with Gasteiger partial charge in [0.1, 0.15) is 21.8 Å². The molecule has 0 radical (unpaired) electrons. The number of hydrogen-bond donors (Lipinski definition) is 0. The van der Waals surface area contributed by atoms with Crippen molar-refractivity contribution in [3.63, 3.8) is 0 Å². The summed E-state index contributed by atoms with van der Waals surface area (Å²) < 4.78 is 2.11. The minimum atomic E-state index is -0.297. The molecule has 2 fully saturated rings. The van der Waals surface area contributed by atoms with Gasteiger partial charge < -0.3 is 4.90 Å². The quantitative estimate of drug-likeness (QED) is 0.542. The predicted octanol–water partition coefficient (Wildman–Crippen LogP) is 3.17. The zero-order valence-electron chi connectivity index (χ0n) is 16.4. The molecule has 0 unspecified atom stereocenters. The van der Waals surface area contributed by atoms with E-state index in [0.717, 1.165) is 50.2 Å². The Bertz CT molecular complexity index is 952. The molecule has 3 heterocycles. The molecular formula is C20H24N4O2S2. The van der Waals surface area contributed by atoms with Crippen LogP contribution in [0.25, 0.3) is 6.08 Å². The molecule has 0 aromatic carbocycles. The Morgan fingerprint density at radius 3 is 2.57 bits per heavy atom. The number of thioether (sulfide) groups is 1. The van der Waals surface area contributed by atoms with Crippen LogP contribution in [0, 0.1) is 18.3 Å². The molecule has 28 heavy (non-hydrogen) atoms. The molecule has 1 aromatic heterocycles. The van der Waals surface area contributed by atoms with E-state index in [1.165, 1.54) is 11.8 Å². The van der Waals surface area contributed by atoms with Crippen molar-refractivity contribution in [3.8, 4) is 6.07 Å². The number of nitrogens with zero attached hydrogens (tertiary/aromatic N) is 4. The molecule has 0 atom stereocenters. The Hall–Kier alpha value is -2.11. The molecule has 0 aliphatic carbocycles. The number of rotatable bonds is 5. The fourth-order valence-electron chi connectivity index (χ4n) is 3.66. The monoisotopic (exact) mass is 416 g/mol. The van der Waals surface area contributed by atoms with Gasteiger partial charge in [-0.3, -0.25) is 19.1 Å². The van der Waals surface area contributed by atoms with E-state index < -0.39 is 0 Å². The van der Waals surface area contributed by atoms with Gasteiger partial charge in [-0.15, -0.1) is 0 Å². The Kier molecular flexibility index (Phi) is 6.26. The van der Waals surface area contributed by atoms with Gasteiger partial charge in [0, 0.05) is 32.2 Å². The molecule has 0 spiro atoms. The SMILES string of the molecule is CCCCN1C(=O)/C(=C/c2c(C)c(C#N)c(=O)n(C)c2N2CCCC2)SC1=S. The Balaban J connectivity index is 2.13. The average Bonchev–Trinajstić information content (AvgIpc) is 3.28. The molecular weight excluding hydrogens is 392 g/mol. The molecule has 0 bridgehead atoms. The van der Waals surface area contributed by atoms with Gasteiger partial charge in [-0.1, -0.05) is 37.3 Å². The number of carbonyl (C=O) groups is 1. The zero-order chi connectivity index (χ0) is 20.4. The van der Waals surface area contributed by atoms with E-state index in [1.807, 2.05) is 12.1 Å². The van der Waals surface area contributed by atoms with E-state index in [0.29, 0.717) is 21.3 Å². The lowest BCUT2D eigenvalue weighted by molar-refractivity contribution is -0.122. The number of anilines is 1. The van der Waals surface area contributed by atoms with E-state index in [2.05, 4.69) is 11.8 Å². The first-order valence-electron chi connectivity index (χ1n) is 9.54. The molecule has 148 valence electrons. The summed E-state index contributed by atoms with van der Waals surface area (Å²) in [6, 6.07) is 2.04. The smallest absolute Gasteiger partial charge is 0.270 e. The van der Waals surface area contributed by atoms with Gasteiger partial charge in [0.2, 0.25) is 0 Å². The Morgan fingerprint density at radius 2 is 1.96 bits per heavy atom. The van der Waals surface area contributed by atoms with Crippen LogP contribution in [0.1, 0.15) is 49.3 Å². The first-order chi connectivity index (χ1) is 13.4. The van der Waals surface area contributed by atoms with Crippen LogP contribution in [0.5, 0.6) is 0 Å². The second kappa shape index (κ2) is 8.50. The van der Waals surface area contributed by atoms with Crippen molar-refractivity contribution < 1.29 is 4.79 Å². The first-order valence-corrected chi connectivity index (χ1v) is 10.8. The Labute approximate surface area is 174 Å². The minimum absolute atomic E-state index is 0.0948.